The van der Waals surface area contributed by atoms with E-state index in [1.54, 1.807) is 0 Å². The first-order chi connectivity index (χ1) is 8.74. The lowest BCUT2D eigenvalue weighted by atomic mass is 9.93. The van der Waals surface area contributed by atoms with Gasteiger partial charge < -0.3 is 0 Å². The predicted octanol–water partition coefficient (Wildman–Crippen LogP) is 4.65. The first-order valence-corrected chi connectivity index (χ1v) is 7.37. The van der Waals surface area contributed by atoms with Gasteiger partial charge in [-0.15, -0.1) is 0 Å². The molecule has 1 aromatic carbocycles. The Kier molecular flexibility index (Phi) is 4.57. The molecule has 2 unspecified atom stereocenters. The number of rotatable bonds is 5. The number of hydrogen-bond acceptors (Lipinski definition) is 1. The molecule has 1 nitrogen and oxygen atoms in total. The highest BCUT2D eigenvalue weighted by atomic mass is 16.1. The molecule has 0 N–H and O–H groups in total. The molecule has 18 heavy (non-hydrogen) atoms. The minimum absolute atomic E-state index is 0.284. The van der Waals surface area contributed by atoms with Crippen LogP contribution >= 0.6 is 0 Å². The lowest BCUT2D eigenvalue weighted by Gasteiger charge is -2.10. The lowest BCUT2D eigenvalue weighted by molar-refractivity contribution is 0.0920. The van der Waals surface area contributed by atoms with Gasteiger partial charge in [0.05, 0.1) is 0 Å². The highest BCUT2D eigenvalue weighted by Crippen LogP contribution is 2.34. The van der Waals surface area contributed by atoms with E-state index < -0.39 is 0 Å². The number of Topliss-reactive ketones (excluding diaryl/α,β-unsaturated/α-hetero) is 1. The van der Waals surface area contributed by atoms with Crippen molar-refractivity contribution in [3.63, 3.8) is 0 Å². The molecule has 0 aliphatic heterocycles. The maximum atomic E-state index is 12.5. The molecule has 1 heteroatoms. The second kappa shape index (κ2) is 6.17. The Labute approximate surface area is 111 Å². The second-order valence-corrected chi connectivity index (χ2v) is 5.60. The Morgan fingerprint density at radius 1 is 1.28 bits per heavy atom. The van der Waals surface area contributed by atoms with Crippen molar-refractivity contribution < 1.29 is 4.79 Å². The van der Waals surface area contributed by atoms with Crippen LogP contribution in [0.1, 0.15) is 61.9 Å². The Hall–Kier alpha value is -1.11. The first-order valence-electron chi connectivity index (χ1n) is 7.37. The van der Waals surface area contributed by atoms with E-state index in [-0.39, 0.29) is 5.92 Å². The largest absolute Gasteiger partial charge is 0.294 e. The standard InChI is InChI=1S/C17H24O/c1-3-6-14-7-5-8-15(12-14)17(18)16-10-9-13(4-2)11-16/h5,7-8,12-13,16H,3-4,6,9-11H2,1-2H3. The van der Waals surface area contributed by atoms with Crippen LogP contribution in [0.5, 0.6) is 0 Å². The van der Waals surface area contributed by atoms with Crippen LogP contribution in [-0.4, -0.2) is 5.78 Å². The smallest absolute Gasteiger partial charge is 0.165 e. The highest BCUT2D eigenvalue weighted by molar-refractivity contribution is 5.98. The number of ketones is 1. The topological polar surface area (TPSA) is 17.1 Å². The summed E-state index contributed by atoms with van der Waals surface area (Å²) in [6, 6.07) is 8.25. The van der Waals surface area contributed by atoms with E-state index in [0.29, 0.717) is 5.78 Å². The van der Waals surface area contributed by atoms with Crippen molar-refractivity contribution in [1.82, 2.24) is 0 Å². The van der Waals surface area contributed by atoms with Gasteiger partial charge >= 0.3 is 0 Å². The average molecular weight is 244 g/mol. The van der Waals surface area contributed by atoms with Gasteiger partial charge in [-0.05, 0) is 43.2 Å². The Morgan fingerprint density at radius 2 is 2.11 bits per heavy atom. The van der Waals surface area contributed by atoms with Crippen molar-refractivity contribution in [2.45, 2.75) is 52.4 Å². The van der Waals surface area contributed by atoms with Crippen LogP contribution < -0.4 is 0 Å². The molecule has 0 heterocycles. The maximum Gasteiger partial charge on any atom is 0.165 e. The second-order valence-electron chi connectivity index (χ2n) is 5.60. The van der Waals surface area contributed by atoms with Gasteiger partial charge in [0.15, 0.2) is 5.78 Å². The molecule has 1 aliphatic carbocycles. The number of aryl methyl sites for hydroxylation is 1. The summed E-state index contributed by atoms with van der Waals surface area (Å²) in [5.74, 6) is 1.44. The van der Waals surface area contributed by atoms with E-state index in [1.807, 2.05) is 12.1 Å². The van der Waals surface area contributed by atoms with Crippen molar-refractivity contribution in [3.05, 3.63) is 35.4 Å². The molecule has 0 bridgehead atoms. The fraction of sp³-hybridized carbons (Fsp3) is 0.588. The minimum atomic E-state index is 0.284. The van der Waals surface area contributed by atoms with Crippen molar-refractivity contribution >= 4 is 5.78 Å². The van der Waals surface area contributed by atoms with E-state index in [2.05, 4.69) is 26.0 Å². The lowest BCUT2D eigenvalue weighted by Crippen LogP contribution is -2.12. The summed E-state index contributed by atoms with van der Waals surface area (Å²) in [6.07, 6.45) is 6.87. The fourth-order valence-corrected chi connectivity index (χ4v) is 3.09. The Morgan fingerprint density at radius 3 is 2.78 bits per heavy atom. The molecule has 0 spiro atoms. The molecule has 98 valence electrons. The summed E-state index contributed by atoms with van der Waals surface area (Å²) < 4.78 is 0. The minimum Gasteiger partial charge on any atom is -0.294 e. The zero-order chi connectivity index (χ0) is 13.0. The van der Waals surface area contributed by atoms with Crippen molar-refractivity contribution in [1.29, 1.82) is 0 Å². The predicted molar refractivity (Wildman–Crippen MR) is 75.9 cm³/mol. The third-order valence-electron chi connectivity index (χ3n) is 4.24. The summed E-state index contributed by atoms with van der Waals surface area (Å²) in [7, 11) is 0. The molecule has 1 aromatic rings. The van der Waals surface area contributed by atoms with Crippen LogP contribution in [-0.2, 0) is 6.42 Å². The quantitative estimate of drug-likeness (QED) is 0.689. The first kappa shape index (κ1) is 13.3. The number of carbonyl (C=O) groups excluding carboxylic acids is 1. The van der Waals surface area contributed by atoms with Gasteiger partial charge in [0, 0.05) is 11.5 Å². The molecule has 2 rings (SSSR count). The molecule has 0 aromatic heterocycles. The molecule has 2 atom stereocenters. The zero-order valence-corrected chi connectivity index (χ0v) is 11.6. The highest BCUT2D eigenvalue weighted by Gasteiger charge is 2.29. The molecule has 0 saturated heterocycles. The van der Waals surface area contributed by atoms with Crippen molar-refractivity contribution in [3.8, 4) is 0 Å². The van der Waals surface area contributed by atoms with E-state index in [1.165, 1.54) is 18.4 Å². The van der Waals surface area contributed by atoms with E-state index in [0.717, 1.165) is 37.2 Å². The average Bonchev–Trinajstić information content (AvgIpc) is 2.87. The van der Waals surface area contributed by atoms with E-state index >= 15 is 0 Å². The van der Waals surface area contributed by atoms with E-state index in [9.17, 15) is 4.79 Å². The van der Waals surface area contributed by atoms with Gasteiger partial charge in [0.25, 0.3) is 0 Å². The monoisotopic (exact) mass is 244 g/mol. The summed E-state index contributed by atoms with van der Waals surface area (Å²) in [4.78, 5) is 12.5. The third kappa shape index (κ3) is 3.01. The van der Waals surface area contributed by atoms with Crippen molar-refractivity contribution in [2.75, 3.05) is 0 Å². The molecular formula is C17H24O. The van der Waals surface area contributed by atoms with Crippen molar-refractivity contribution in [2.24, 2.45) is 11.8 Å². The summed E-state index contributed by atoms with van der Waals surface area (Å²) in [5, 5.41) is 0. The van der Waals surface area contributed by atoms with Crippen LogP contribution in [0.15, 0.2) is 24.3 Å². The molecule has 1 saturated carbocycles. The Bertz CT molecular complexity index is 408. The normalized spacial score (nSPS) is 23.2. The van der Waals surface area contributed by atoms with Gasteiger partial charge in [-0.25, -0.2) is 0 Å². The fourth-order valence-electron chi connectivity index (χ4n) is 3.09. The molecule has 1 fully saturated rings. The summed E-state index contributed by atoms with van der Waals surface area (Å²) in [6.45, 7) is 4.41. The van der Waals surface area contributed by atoms with Crippen LogP contribution in [0.4, 0.5) is 0 Å². The van der Waals surface area contributed by atoms with Crippen LogP contribution in [0.2, 0.25) is 0 Å². The van der Waals surface area contributed by atoms with Crippen LogP contribution in [0.3, 0.4) is 0 Å². The van der Waals surface area contributed by atoms with E-state index in [4.69, 9.17) is 0 Å². The van der Waals surface area contributed by atoms with Gasteiger partial charge in [-0.1, -0.05) is 44.9 Å². The van der Waals surface area contributed by atoms with Gasteiger partial charge in [0.1, 0.15) is 0 Å². The molecule has 0 radical (unpaired) electrons. The van der Waals surface area contributed by atoms with Gasteiger partial charge in [0.2, 0.25) is 0 Å². The van der Waals surface area contributed by atoms with Crippen LogP contribution in [0, 0.1) is 11.8 Å². The third-order valence-corrected chi connectivity index (χ3v) is 4.24. The van der Waals surface area contributed by atoms with Gasteiger partial charge in [-0.3, -0.25) is 4.79 Å². The molecule has 1 aliphatic rings. The molecule has 0 amide bonds. The maximum absolute atomic E-state index is 12.5. The number of hydrogen-bond donors (Lipinski definition) is 0. The number of benzene rings is 1. The van der Waals surface area contributed by atoms with Crippen LogP contribution in [0.25, 0.3) is 0 Å². The Balaban J connectivity index is 2.07. The molecular weight excluding hydrogens is 220 g/mol. The SMILES string of the molecule is CCCc1cccc(C(=O)C2CCC(CC)C2)c1. The summed E-state index contributed by atoms with van der Waals surface area (Å²) in [5.41, 5.74) is 2.23. The number of carbonyl (C=O) groups is 1. The summed E-state index contributed by atoms with van der Waals surface area (Å²) >= 11 is 0. The van der Waals surface area contributed by atoms with Gasteiger partial charge in [-0.2, -0.15) is 0 Å². The zero-order valence-electron chi connectivity index (χ0n) is 11.6.